The Morgan fingerprint density at radius 1 is 0.946 bits per heavy atom. The van der Waals surface area contributed by atoms with Gasteiger partial charge < -0.3 is 38.9 Å². The average Bonchev–Trinajstić information content (AvgIpc) is 1.56. The fourth-order valence-electron chi connectivity index (χ4n) is 9.79. The number of alkyl halides is 3. The van der Waals surface area contributed by atoms with E-state index in [9.17, 15) is 65.8 Å². The van der Waals surface area contributed by atoms with Crippen molar-refractivity contribution in [2.75, 3.05) is 60.0 Å². The van der Waals surface area contributed by atoms with Gasteiger partial charge >= 0.3 is 13.6 Å². The molecule has 1 saturated carbocycles. The smallest absolute Gasteiger partial charge is 0.339 e. The fraction of sp³-hybridized carbons (Fsp3) is 0.410. The number of benzene rings is 4. The number of para-hydroxylation sites is 3. The molecular weight excluding hydrogens is 1330 g/mol. The number of hydrogen-bond donors (Lipinski definition) is 4. The molecule has 4 aromatic carbocycles. The van der Waals surface area contributed by atoms with Crippen molar-refractivity contribution in [2.24, 2.45) is 5.92 Å². The number of methoxy groups -OCH3 is 1. The summed E-state index contributed by atoms with van der Waals surface area (Å²) in [6.07, 6.45) is 9.12. The highest BCUT2D eigenvalue weighted by molar-refractivity contribution is 7.90. The molecule has 24 nitrogen and oxygen atoms in total. The number of nitro groups is 1. The maximum absolute atomic E-state index is 14.4. The summed E-state index contributed by atoms with van der Waals surface area (Å²) in [5.41, 5.74) is 3.57. The fourth-order valence-corrected chi connectivity index (χ4v) is 11.4. The number of sulfone groups is 1. The van der Waals surface area contributed by atoms with Gasteiger partial charge in [0, 0.05) is 49.5 Å². The number of hydrogen-bond acceptors (Lipinski definition) is 17. The third-order valence-corrected chi connectivity index (χ3v) is 16.7. The number of terminal acetylenes is 1. The van der Waals surface area contributed by atoms with Crippen LogP contribution in [0.5, 0.6) is 11.5 Å². The number of nitrogens with zero attached hydrogens (tertiary/aromatic N) is 4. The van der Waals surface area contributed by atoms with Crippen molar-refractivity contribution >= 4 is 134 Å². The number of ether oxygens (including phenoxy) is 3. The number of aryl methyl sites for hydroxylation is 2. The minimum Gasteiger partial charge on any atom is -0.489 e. The Labute approximate surface area is 550 Å². The van der Waals surface area contributed by atoms with Crippen LogP contribution in [0, 0.1) is 41.1 Å². The first-order valence-corrected chi connectivity index (χ1v) is 33.7. The Balaban J connectivity index is 0.000000252. The van der Waals surface area contributed by atoms with E-state index in [1.807, 2.05) is 57.2 Å². The molecule has 2 aliphatic carbocycles. The molecule has 3 atom stereocenters. The molecule has 4 aromatic rings. The van der Waals surface area contributed by atoms with Crippen molar-refractivity contribution in [2.45, 2.75) is 114 Å². The SMILES string of the molecule is C#CC(C)Oc1cc(N2C(=O)C3=C(CCCC3)C2=O)c(F)cc1Cl.CC1COc2ccccc2N1C(=O)C(Cl)Cl.CCc1cccc(C)c1N(C(=O)CCl)C(C)COC.CS(=O)(=O)c1ccc(C(=O)C2C(=O)CCCC2=O)c([N+](=O)[O-])c1.O=C(O)CNCP(=O)(O)O. The Hall–Kier alpha value is -7.15. The van der Waals surface area contributed by atoms with Crippen LogP contribution < -0.4 is 29.5 Å². The van der Waals surface area contributed by atoms with Crippen LogP contribution in [0.25, 0.3) is 0 Å². The maximum Gasteiger partial charge on any atom is 0.339 e. The zero-order valence-electron chi connectivity index (χ0n) is 51.0. The van der Waals surface area contributed by atoms with Crippen LogP contribution >= 0.6 is 54.0 Å². The number of carboxylic acids is 1. The molecule has 4 N–H and O–H groups in total. The van der Waals surface area contributed by atoms with Crippen molar-refractivity contribution < 1.29 is 89.8 Å². The van der Waals surface area contributed by atoms with Gasteiger partial charge in [0.05, 0.1) is 69.0 Å². The third kappa shape index (κ3) is 20.9. The lowest BCUT2D eigenvalue weighted by molar-refractivity contribution is -0.385. The molecule has 0 spiro atoms. The summed E-state index contributed by atoms with van der Waals surface area (Å²) in [6, 6.07) is 18.4. The predicted octanol–water partition coefficient (Wildman–Crippen LogP) is 9.31. The lowest BCUT2D eigenvalue weighted by Gasteiger charge is -2.35. The summed E-state index contributed by atoms with van der Waals surface area (Å²) in [5.74, 6) is -3.69. The van der Waals surface area contributed by atoms with Gasteiger partial charge in [-0.1, -0.05) is 78.0 Å². The van der Waals surface area contributed by atoms with Crippen LogP contribution in [0.15, 0.2) is 88.8 Å². The second kappa shape index (κ2) is 35.2. The van der Waals surface area contributed by atoms with E-state index < -0.39 is 104 Å². The lowest BCUT2D eigenvalue weighted by Crippen LogP contribution is -2.47. The number of amides is 4. The lowest BCUT2D eigenvalue weighted by atomic mass is 9.81. The first kappa shape index (κ1) is 77.3. The molecule has 0 aromatic heterocycles. The molecule has 92 heavy (non-hydrogen) atoms. The average molecular weight is 1400 g/mol. The van der Waals surface area contributed by atoms with Gasteiger partial charge in [-0.2, -0.15) is 0 Å². The number of fused-ring (bicyclic) bond motifs is 1. The summed E-state index contributed by atoms with van der Waals surface area (Å²) in [4.78, 5) is 124. The minimum atomic E-state index is -4.10. The number of ketones is 3. The predicted molar refractivity (Wildman–Crippen MR) is 343 cm³/mol. The Kier molecular flexibility index (Phi) is 29.6. The van der Waals surface area contributed by atoms with E-state index in [0.29, 0.717) is 49.4 Å². The van der Waals surface area contributed by atoms with Crippen molar-refractivity contribution in [1.29, 1.82) is 0 Å². The number of nitro benzene ring substituents is 1. The van der Waals surface area contributed by atoms with Crippen molar-refractivity contribution in [1.82, 2.24) is 5.32 Å². The van der Waals surface area contributed by atoms with E-state index in [2.05, 4.69) is 24.2 Å². The first-order chi connectivity index (χ1) is 43.1. The van der Waals surface area contributed by atoms with Crippen molar-refractivity contribution in [3.05, 3.63) is 122 Å². The number of anilines is 3. The highest BCUT2D eigenvalue weighted by Crippen LogP contribution is 2.41. The van der Waals surface area contributed by atoms with Gasteiger partial charge in [-0.3, -0.25) is 58.4 Å². The second-order valence-corrected chi connectivity index (χ2v) is 26.4. The number of carboxylic acid groups (broad SMARTS) is 1. The topological polar surface area (TPSA) is 341 Å². The Morgan fingerprint density at radius 2 is 1.55 bits per heavy atom. The number of rotatable bonds is 18. The summed E-state index contributed by atoms with van der Waals surface area (Å²) in [6.45, 7) is 10.1. The number of halogens is 5. The van der Waals surface area contributed by atoms with Gasteiger partial charge in [-0.15, -0.1) is 18.0 Å². The molecule has 3 unspecified atom stereocenters. The normalized spacial score (nSPS) is 16.0. The third-order valence-electron chi connectivity index (χ3n) is 14.0. The number of aliphatic carboxylic acids is 1. The second-order valence-electron chi connectivity index (χ2n) is 21.0. The number of carbonyl (C=O) groups excluding carboxylic acids is 7. The molecule has 2 aliphatic heterocycles. The molecule has 4 aliphatic rings. The molecule has 0 bridgehead atoms. The largest absolute Gasteiger partial charge is 0.489 e. The standard InChI is InChI=1S/C18H15ClFNO3.C15H22ClNO2.C14H13NO7S.C11H11Cl2NO2.C3H8NO5P/c1-3-10(2)24-16-9-15(14(20)8-13(16)19)21-17(22)11-6-4-5-7-12(11)18(21)23;1-5-13-8-6-7-11(2)15(13)17(14(18)9-16)12(3)10-19-4;1-23(21,22)8-5-6-9(10(7-8)15(19)20)14(18)13-11(16)3-2-4-12(13)17;1-7-6-16-9-5-3-2-4-8(9)14(7)11(15)10(12)13;5-3(6)1-4-2-10(7,8)9/h1,8-10H,4-7H2,2H3;6-8,12H,5,9-10H2,1-4H3;5-7,13H,2-4H2,1H3;2-5,7,10H,6H2,1H3;4H,1-2H2,(H,5,6)(H2,7,8,9). The van der Waals surface area contributed by atoms with Gasteiger partial charge in [0.15, 0.2) is 38.1 Å². The summed E-state index contributed by atoms with van der Waals surface area (Å²) in [5, 5.41) is 21.2. The zero-order valence-corrected chi connectivity index (χ0v) is 55.7. The number of carbonyl (C=O) groups is 8. The van der Waals surface area contributed by atoms with Crippen LogP contribution in [0.4, 0.5) is 27.1 Å². The molecule has 0 saturated heterocycles. The van der Waals surface area contributed by atoms with Crippen LogP contribution in [0.2, 0.25) is 5.02 Å². The zero-order chi connectivity index (χ0) is 69.1. The Bertz CT molecular complexity index is 3650. The molecule has 498 valence electrons. The van der Waals surface area contributed by atoms with E-state index >= 15 is 0 Å². The quantitative estimate of drug-likeness (QED) is 0.0105. The molecule has 31 heteroatoms. The van der Waals surface area contributed by atoms with Crippen molar-refractivity contribution in [3.63, 3.8) is 0 Å². The Morgan fingerprint density at radius 3 is 2.08 bits per heavy atom. The molecule has 1 fully saturated rings. The van der Waals surface area contributed by atoms with Gasteiger partial charge in [0.2, 0.25) is 5.91 Å². The van der Waals surface area contributed by atoms with E-state index in [1.165, 1.54) is 6.07 Å². The molecule has 2 heterocycles. The van der Waals surface area contributed by atoms with E-state index in [-0.39, 0.29) is 64.0 Å². The van der Waals surface area contributed by atoms with E-state index in [0.717, 1.165) is 77.2 Å². The van der Waals surface area contributed by atoms with Crippen LogP contribution in [0.3, 0.4) is 0 Å². The van der Waals surface area contributed by atoms with Crippen LogP contribution in [-0.2, 0) is 59.1 Å². The number of nitrogens with one attached hydrogen (secondary N) is 1. The van der Waals surface area contributed by atoms with E-state index in [4.69, 9.17) is 81.9 Å². The van der Waals surface area contributed by atoms with Gasteiger partial charge in [0.25, 0.3) is 23.4 Å². The molecule has 4 amide bonds. The van der Waals surface area contributed by atoms with Gasteiger partial charge in [0.1, 0.15) is 35.7 Å². The van der Waals surface area contributed by atoms with Crippen LogP contribution in [0.1, 0.15) is 94.1 Å². The summed E-state index contributed by atoms with van der Waals surface area (Å²) >= 11 is 23.0. The highest BCUT2D eigenvalue weighted by Gasteiger charge is 2.42. The van der Waals surface area contributed by atoms with Crippen LogP contribution in [-0.4, -0.2) is 143 Å². The molecule has 8 rings (SSSR count). The van der Waals surface area contributed by atoms with E-state index in [1.54, 1.807) is 23.8 Å². The number of Topliss-reactive ketones (excluding diaryl/α,β-unsaturated/α-hetero) is 3. The monoisotopic (exact) mass is 1400 g/mol. The molecular formula is C61H69Cl4FN5O19PS. The highest BCUT2D eigenvalue weighted by atomic mass is 35.5. The van der Waals surface area contributed by atoms with Crippen molar-refractivity contribution in [3.8, 4) is 23.8 Å². The minimum absolute atomic E-state index is 0.0223. The molecule has 0 radical (unpaired) electrons. The summed E-state index contributed by atoms with van der Waals surface area (Å²) in [7, 11) is -6.16. The van der Waals surface area contributed by atoms with Gasteiger partial charge in [-0.25, -0.2) is 17.7 Å². The van der Waals surface area contributed by atoms with Gasteiger partial charge in [-0.05, 0) is 108 Å². The first-order valence-electron chi connectivity index (χ1n) is 28.2. The summed E-state index contributed by atoms with van der Waals surface area (Å²) < 4.78 is 63.5. The maximum atomic E-state index is 14.4. The number of imide groups is 1.